The average Bonchev–Trinajstić information content (AvgIpc) is 2.70. The van der Waals surface area contributed by atoms with Gasteiger partial charge in [0.15, 0.2) is 5.41 Å². The van der Waals surface area contributed by atoms with Crippen molar-refractivity contribution in [3.05, 3.63) is 11.6 Å². The molecule has 0 spiro atoms. The Morgan fingerprint density at radius 3 is 1.68 bits per heavy atom. The Hall–Kier alpha value is 0.420. The summed E-state index contributed by atoms with van der Waals surface area (Å²) in [7, 11) is 0. The molecule has 2 aliphatic carbocycles. The SMILES string of the molecule is CC12CCC(=CC1(C(=O)O)C(=O)O)C2(C(Cl)(Cl)Cl)C(Cl)(Cl)Cl. The van der Waals surface area contributed by atoms with Crippen molar-refractivity contribution in [1.29, 1.82) is 0 Å². The highest BCUT2D eigenvalue weighted by Crippen LogP contribution is 2.81. The molecule has 0 aromatic heterocycles. The molecule has 0 amide bonds. The fourth-order valence-electron chi connectivity index (χ4n) is 4.05. The second kappa shape index (κ2) is 4.96. The molecule has 1 atom stereocenters. The van der Waals surface area contributed by atoms with Crippen LogP contribution in [-0.2, 0) is 9.59 Å². The standard InChI is InChI=1S/C12H10Cl6O4/c1-8-3-2-5(4-9(8,6(19)20)7(21)22)10(8,11(13,14)15)12(16,17)18/h4H,2-3H2,1H3,(H,19,20)(H,21,22). The van der Waals surface area contributed by atoms with E-state index >= 15 is 0 Å². The Morgan fingerprint density at radius 2 is 1.45 bits per heavy atom. The minimum Gasteiger partial charge on any atom is -0.480 e. The summed E-state index contributed by atoms with van der Waals surface area (Å²) in [5, 5.41) is 19.2. The molecule has 2 rings (SSSR count). The van der Waals surface area contributed by atoms with Gasteiger partial charge in [-0.1, -0.05) is 88.2 Å². The third-order valence-corrected chi connectivity index (χ3v) is 6.69. The lowest BCUT2D eigenvalue weighted by Gasteiger charge is -2.52. The molecule has 2 bridgehead atoms. The summed E-state index contributed by atoms with van der Waals surface area (Å²) < 4.78 is -4.44. The number of carbonyl (C=O) groups is 2. The summed E-state index contributed by atoms with van der Waals surface area (Å²) in [5.41, 5.74) is -5.63. The number of hydrogen-bond donors (Lipinski definition) is 2. The van der Waals surface area contributed by atoms with Gasteiger partial charge in [-0.15, -0.1) is 0 Å². The smallest absolute Gasteiger partial charge is 0.325 e. The molecule has 2 N–H and O–H groups in total. The van der Waals surface area contributed by atoms with Crippen LogP contribution >= 0.6 is 69.6 Å². The van der Waals surface area contributed by atoms with E-state index in [0.717, 1.165) is 6.08 Å². The normalized spacial score (nSPS) is 29.3. The van der Waals surface area contributed by atoms with Gasteiger partial charge in [-0.25, -0.2) is 0 Å². The molecule has 1 saturated carbocycles. The number of aliphatic carboxylic acids is 2. The molecule has 0 aliphatic heterocycles. The van der Waals surface area contributed by atoms with Crippen molar-refractivity contribution in [1.82, 2.24) is 0 Å². The number of rotatable bonds is 2. The van der Waals surface area contributed by atoms with Gasteiger partial charge in [0.05, 0.1) is 5.41 Å². The lowest BCUT2D eigenvalue weighted by molar-refractivity contribution is -0.173. The van der Waals surface area contributed by atoms with E-state index in [2.05, 4.69) is 0 Å². The first-order valence-corrected chi connectivity index (χ1v) is 8.29. The van der Waals surface area contributed by atoms with Gasteiger partial charge in [-0.3, -0.25) is 9.59 Å². The summed E-state index contributed by atoms with van der Waals surface area (Å²) in [5.74, 6) is -3.19. The highest BCUT2D eigenvalue weighted by Gasteiger charge is 2.84. The van der Waals surface area contributed by atoms with Crippen molar-refractivity contribution in [2.75, 3.05) is 0 Å². The van der Waals surface area contributed by atoms with Crippen molar-refractivity contribution >= 4 is 81.5 Å². The highest BCUT2D eigenvalue weighted by atomic mass is 35.6. The Labute approximate surface area is 156 Å². The van der Waals surface area contributed by atoms with E-state index < -0.39 is 35.8 Å². The molecule has 2 aliphatic rings. The summed E-state index contributed by atoms with van der Waals surface area (Å²) in [6.07, 6.45) is 1.44. The van der Waals surface area contributed by atoms with Crippen LogP contribution in [0.1, 0.15) is 19.8 Å². The molecule has 0 heterocycles. The van der Waals surface area contributed by atoms with E-state index in [1.807, 2.05) is 0 Å². The number of allylic oxidation sites excluding steroid dienone is 1. The molecule has 4 nitrogen and oxygen atoms in total. The maximum absolute atomic E-state index is 11.8. The lowest BCUT2D eigenvalue weighted by atomic mass is 9.57. The van der Waals surface area contributed by atoms with Crippen LogP contribution in [0, 0.1) is 16.2 Å². The summed E-state index contributed by atoms with van der Waals surface area (Å²) in [4.78, 5) is 23.6. The van der Waals surface area contributed by atoms with Gasteiger partial charge in [0.2, 0.25) is 7.59 Å². The predicted octanol–water partition coefficient (Wildman–Crippen LogP) is 4.61. The average molecular weight is 431 g/mol. The number of hydrogen-bond acceptors (Lipinski definition) is 2. The Morgan fingerprint density at radius 1 is 1.05 bits per heavy atom. The molecule has 10 heteroatoms. The zero-order valence-corrected chi connectivity index (χ0v) is 15.5. The Bertz CT molecular complexity index is 559. The minimum absolute atomic E-state index is 0.0965. The summed E-state index contributed by atoms with van der Waals surface area (Å²) >= 11 is 36.5. The van der Waals surface area contributed by atoms with Crippen LogP contribution in [-0.4, -0.2) is 29.7 Å². The largest absolute Gasteiger partial charge is 0.480 e. The van der Waals surface area contributed by atoms with E-state index in [4.69, 9.17) is 69.6 Å². The number of carboxylic acids is 2. The number of fused-ring (bicyclic) bond motifs is 2. The molecule has 1 fully saturated rings. The van der Waals surface area contributed by atoms with Crippen molar-refractivity contribution in [3.63, 3.8) is 0 Å². The molecule has 1 unspecified atom stereocenters. The van der Waals surface area contributed by atoms with Crippen LogP contribution in [0.3, 0.4) is 0 Å². The van der Waals surface area contributed by atoms with E-state index in [9.17, 15) is 19.8 Å². The molecule has 0 aromatic rings. The second-order valence-electron chi connectivity index (χ2n) is 5.67. The van der Waals surface area contributed by atoms with Crippen LogP contribution in [0.2, 0.25) is 0 Å². The van der Waals surface area contributed by atoms with Crippen LogP contribution in [0.5, 0.6) is 0 Å². The van der Waals surface area contributed by atoms with E-state index in [1.54, 1.807) is 0 Å². The van der Waals surface area contributed by atoms with Crippen molar-refractivity contribution in [2.24, 2.45) is 16.2 Å². The topological polar surface area (TPSA) is 74.6 Å². The van der Waals surface area contributed by atoms with E-state index in [1.165, 1.54) is 6.92 Å². The molecule has 124 valence electrons. The monoisotopic (exact) mass is 428 g/mol. The molecule has 0 aromatic carbocycles. The van der Waals surface area contributed by atoms with Gasteiger partial charge in [-0.2, -0.15) is 0 Å². The summed E-state index contributed by atoms with van der Waals surface area (Å²) in [6, 6.07) is 0. The second-order valence-corrected chi connectivity index (χ2v) is 10.2. The first kappa shape index (κ1) is 18.8. The van der Waals surface area contributed by atoms with Gasteiger partial charge < -0.3 is 10.2 Å². The third-order valence-electron chi connectivity index (χ3n) is 4.99. The molecule has 22 heavy (non-hydrogen) atoms. The van der Waals surface area contributed by atoms with Crippen LogP contribution in [0.25, 0.3) is 0 Å². The number of halogens is 6. The molecule has 0 radical (unpaired) electrons. The zero-order chi connectivity index (χ0) is 17.4. The fraction of sp³-hybridized carbons (Fsp3) is 0.667. The predicted molar refractivity (Wildman–Crippen MR) is 86.1 cm³/mol. The number of alkyl halides is 6. The van der Waals surface area contributed by atoms with E-state index in [-0.39, 0.29) is 18.4 Å². The van der Waals surface area contributed by atoms with Gasteiger partial charge in [0.25, 0.3) is 0 Å². The number of carboxylic acid groups (broad SMARTS) is 2. The maximum atomic E-state index is 11.8. The molecular formula is C12H10Cl6O4. The molecule has 0 saturated heterocycles. The fourth-order valence-corrected chi connectivity index (χ4v) is 7.31. The minimum atomic E-state index is -2.34. The van der Waals surface area contributed by atoms with Crippen LogP contribution < -0.4 is 0 Å². The van der Waals surface area contributed by atoms with Gasteiger partial charge in [0, 0.05) is 5.41 Å². The van der Waals surface area contributed by atoms with Crippen molar-refractivity contribution in [3.8, 4) is 0 Å². The Kier molecular flexibility index (Phi) is 4.23. The van der Waals surface area contributed by atoms with Crippen LogP contribution in [0.15, 0.2) is 11.6 Å². The third kappa shape index (κ3) is 1.80. The van der Waals surface area contributed by atoms with Crippen molar-refractivity contribution in [2.45, 2.75) is 27.4 Å². The van der Waals surface area contributed by atoms with Gasteiger partial charge in [-0.05, 0) is 12.8 Å². The molecular weight excluding hydrogens is 421 g/mol. The Balaban J connectivity index is 2.92. The lowest BCUT2D eigenvalue weighted by Crippen LogP contribution is -2.61. The van der Waals surface area contributed by atoms with Crippen LogP contribution in [0.4, 0.5) is 0 Å². The first-order chi connectivity index (χ1) is 9.70. The van der Waals surface area contributed by atoms with E-state index in [0.29, 0.717) is 0 Å². The summed E-state index contributed by atoms with van der Waals surface area (Å²) in [6.45, 7) is 1.37. The van der Waals surface area contributed by atoms with Gasteiger partial charge in [0.1, 0.15) is 0 Å². The highest BCUT2D eigenvalue weighted by molar-refractivity contribution is 6.73. The first-order valence-electron chi connectivity index (χ1n) is 6.02. The van der Waals surface area contributed by atoms with Gasteiger partial charge >= 0.3 is 11.9 Å². The zero-order valence-electron chi connectivity index (χ0n) is 11.0. The maximum Gasteiger partial charge on any atom is 0.325 e. The van der Waals surface area contributed by atoms with Crippen molar-refractivity contribution < 1.29 is 19.8 Å². The quantitative estimate of drug-likeness (QED) is 0.381.